The summed E-state index contributed by atoms with van der Waals surface area (Å²) >= 11 is 0.873. The number of benzene rings is 2. The number of nitrogens with one attached hydrogen (secondary N) is 1. The molecule has 1 aliphatic heterocycles. The molecule has 3 rings (SSSR count). The molecule has 2 aromatic carbocycles. The maximum absolute atomic E-state index is 13.7. The molecule has 104 valence electrons. The van der Waals surface area contributed by atoms with Gasteiger partial charge < -0.3 is 0 Å². The lowest BCUT2D eigenvalue weighted by atomic mass is 10.0. The van der Waals surface area contributed by atoms with Gasteiger partial charge in [0.2, 0.25) is 0 Å². The van der Waals surface area contributed by atoms with E-state index < -0.39 is 0 Å². The molecule has 0 aromatic heterocycles. The van der Waals surface area contributed by atoms with Crippen molar-refractivity contribution in [3.63, 3.8) is 0 Å². The fraction of sp³-hybridized carbons (Fsp3) is 0. The number of rotatable bonds is 2. The quantitative estimate of drug-likeness (QED) is 0.858. The Bertz CT molecular complexity index is 753. The molecule has 0 spiro atoms. The first kappa shape index (κ1) is 13.6. The second-order valence-corrected chi connectivity index (χ2v) is 5.47. The third-order valence-electron chi connectivity index (χ3n) is 3.04. The first-order valence-electron chi connectivity index (χ1n) is 6.23. The van der Waals surface area contributed by atoms with E-state index in [4.69, 9.17) is 0 Å². The Hall–Kier alpha value is -2.40. The van der Waals surface area contributed by atoms with Crippen LogP contribution in [0.4, 0.5) is 9.18 Å². The van der Waals surface area contributed by atoms with E-state index >= 15 is 0 Å². The predicted octanol–water partition coefficient (Wildman–Crippen LogP) is 3.82. The van der Waals surface area contributed by atoms with Crippen molar-refractivity contribution in [3.05, 3.63) is 64.8 Å². The third-order valence-corrected chi connectivity index (χ3v) is 3.85. The maximum atomic E-state index is 13.7. The molecule has 1 aliphatic rings. The summed E-state index contributed by atoms with van der Waals surface area (Å²) in [6.07, 6.45) is 1.63. The van der Waals surface area contributed by atoms with Gasteiger partial charge in [-0.2, -0.15) is 0 Å². The summed E-state index contributed by atoms with van der Waals surface area (Å²) in [6.45, 7) is 0. The number of hydrogen-bond donors (Lipinski definition) is 1. The molecule has 0 bridgehead atoms. The van der Waals surface area contributed by atoms with Crippen LogP contribution in [0.1, 0.15) is 5.56 Å². The zero-order valence-electron chi connectivity index (χ0n) is 10.8. The molecule has 0 aliphatic carbocycles. The molecular formula is C16H10FNO2S. The van der Waals surface area contributed by atoms with Crippen molar-refractivity contribution in [3.8, 4) is 11.1 Å². The molecule has 0 saturated carbocycles. The first-order valence-corrected chi connectivity index (χ1v) is 7.05. The summed E-state index contributed by atoms with van der Waals surface area (Å²) in [5, 5.41) is 1.83. The summed E-state index contributed by atoms with van der Waals surface area (Å²) in [5.41, 5.74) is 2.07. The van der Waals surface area contributed by atoms with Crippen LogP contribution in [0.2, 0.25) is 0 Å². The molecule has 3 nitrogen and oxygen atoms in total. The molecule has 0 unspecified atom stereocenters. The van der Waals surface area contributed by atoms with Crippen LogP contribution in [0.3, 0.4) is 0 Å². The molecule has 1 heterocycles. The largest absolute Gasteiger partial charge is 0.290 e. The predicted molar refractivity (Wildman–Crippen MR) is 80.9 cm³/mol. The minimum Gasteiger partial charge on any atom is -0.282 e. The van der Waals surface area contributed by atoms with Crippen molar-refractivity contribution in [2.24, 2.45) is 0 Å². The molecule has 21 heavy (non-hydrogen) atoms. The van der Waals surface area contributed by atoms with Crippen molar-refractivity contribution < 1.29 is 14.0 Å². The summed E-state index contributed by atoms with van der Waals surface area (Å²) in [6, 6.07) is 13.7. The van der Waals surface area contributed by atoms with E-state index in [-0.39, 0.29) is 17.0 Å². The maximum Gasteiger partial charge on any atom is 0.290 e. The molecular weight excluding hydrogens is 289 g/mol. The van der Waals surface area contributed by atoms with Gasteiger partial charge in [0.15, 0.2) is 0 Å². The SMILES string of the molecule is O=C1NC(=O)/C(=C/c2ccc(-c3ccccc3F)cc2)S1. The minimum absolute atomic E-state index is 0.278. The highest BCUT2D eigenvalue weighted by Crippen LogP contribution is 2.27. The van der Waals surface area contributed by atoms with Gasteiger partial charge in [0.25, 0.3) is 11.1 Å². The van der Waals surface area contributed by atoms with Gasteiger partial charge in [-0.05, 0) is 35.0 Å². The lowest BCUT2D eigenvalue weighted by Crippen LogP contribution is -2.17. The molecule has 1 fully saturated rings. The van der Waals surface area contributed by atoms with Crippen LogP contribution in [-0.4, -0.2) is 11.1 Å². The van der Waals surface area contributed by atoms with Gasteiger partial charge in [-0.25, -0.2) is 4.39 Å². The molecule has 0 radical (unpaired) electrons. The summed E-state index contributed by atoms with van der Waals surface area (Å²) in [7, 11) is 0. The molecule has 1 N–H and O–H groups in total. The molecule has 0 atom stereocenters. The van der Waals surface area contributed by atoms with Gasteiger partial charge in [0, 0.05) is 5.56 Å². The van der Waals surface area contributed by atoms with Crippen LogP contribution < -0.4 is 5.32 Å². The van der Waals surface area contributed by atoms with Gasteiger partial charge in [-0.15, -0.1) is 0 Å². The lowest BCUT2D eigenvalue weighted by Gasteiger charge is -2.03. The van der Waals surface area contributed by atoms with E-state index in [0.717, 1.165) is 22.9 Å². The van der Waals surface area contributed by atoms with Gasteiger partial charge in [0.1, 0.15) is 5.82 Å². The number of amides is 2. The molecule has 2 aromatic rings. The summed E-state index contributed by atoms with van der Waals surface area (Å²) < 4.78 is 13.7. The van der Waals surface area contributed by atoms with Crippen LogP contribution in [-0.2, 0) is 4.79 Å². The number of carbonyl (C=O) groups is 2. The van der Waals surface area contributed by atoms with E-state index in [1.54, 1.807) is 48.5 Å². The van der Waals surface area contributed by atoms with Crippen LogP contribution in [0.25, 0.3) is 17.2 Å². The van der Waals surface area contributed by atoms with E-state index in [2.05, 4.69) is 5.32 Å². The highest BCUT2D eigenvalue weighted by Gasteiger charge is 2.24. The average molecular weight is 299 g/mol. The second-order valence-electron chi connectivity index (χ2n) is 4.45. The van der Waals surface area contributed by atoms with Gasteiger partial charge in [-0.3, -0.25) is 14.9 Å². The summed E-state index contributed by atoms with van der Waals surface area (Å²) in [4.78, 5) is 22.9. The zero-order chi connectivity index (χ0) is 14.8. The van der Waals surface area contributed by atoms with Crippen molar-refractivity contribution in [2.75, 3.05) is 0 Å². The highest BCUT2D eigenvalue weighted by atomic mass is 32.2. The minimum atomic E-state index is -0.386. The van der Waals surface area contributed by atoms with E-state index in [1.165, 1.54) is 6.07 Å². The monoisotopic (exact) mass is 299 g/mol. The van der Waals surface area contributed by atoms with Crippen LogP contribution >= 0.6 is 11.8 Å². The Labute approximate surface area is 124 Å². The Morgan fingerprint density at radius 3 is 2.33 bits per heavy atom. The van der Waals surface area contributed by atoms with Crippen LogP contribution in [0.15, 0.2) is 53.4 Å². The number of imide groups is 1. The van der Waals surface area contributed by atoms with Crippen molar-refractivity contribution >= 4 is 29.0 Å². The van der Waals surface area contributed by atoms with E-state index in [9.17, 15) is 14.0 Å². The Morgan fingerprint density at radius 2 is 1.71 bits per heavy atom. The summed E-state index contributed by atoms with van der Waals surface area (Å²) in [5.74, 6) is -0.664. The van der Waals surface area contributed by atoms with Crippen molar-refractivity contribution in [2.45, 2.75) is 0 Å². The Balaban J connectivity index is 1.89. The third kappa shape index (κ3) is 2.87. The number of thioether (sulfide) groups is 1. The Morgan fingerprint density at radius 1 is 1.00 bits per heavy atom. The topological polar surface area (TPSA) is 46.2 Å². The first-order chi connectivity index (χ1) is 10.1. The molecule has 2 amide bonds. The van der Waals surface area contributed by atoms with E-state index in [0.29, 0.717) is 10.5 Å². The number of carbonyl (C=O) groups excluding carboxylic acids is 2. The fourth-order valence-electron chi connectivity index (χ4n) is 2.03. The smallest absolute Gasteiger partial charge is 0.282 e. The van der Waals surface area contributed by atoms with Gasteiger partial charge in [-0.1, -0.05) is 42.5 Å². The Kier molecular flexibility index (Phi) is 3.58. The molecule has 5 heteroatoms. The molecule has 1 saturated heterocycles. The van der Waals surface area contributed by atoms with Gasteiger partial charge >= 0.3 is 0 Å². The van der Waals surface area contributed by atoms with Gasteiger partial charge in [0.05, 0.1) is 4.91 Å². The lowest BCUT2D eigenvalue weighted by molar-refractivity contribution is -0.115. The highest BCUT2D eigenvalue weighted by molar-refractivity contribution is 8.18. The van der Waals surface area contributed by atoms with Crippen molar-refractivity contribution in [1.82, 2.24) is 5.32 Å². The van der Waals surface area contributed by atoms with Crippen LogP contribution in [0, 0.1) is 5.82 Å². The average Bonchev–Trinajstić information content (AvgIpc) is 2.78. The zero-order valence-corrected chi connectivity index (χ0v) is 11.6. The number of hydrogen-bond acceptors (Lipinski definition) is 3. The number of halogens is 1. The van der Waals surface area contributed by atoms with Crippen LogP contribution in [0.5, 0.6) is 0 Å². The second kappa shape index (κ2) is 5.54. The standard InChI is InChI=1S/C16H10FNO2S/c17-13-4-2-1-3-12(13)11-7-5-10(6-8-11)9-14-15(19)18-16(20)21-14/h1-9H,(H,18,19,20)/b14-9-. The van der Waals surface area contributed by atoms with Crippen molar-refractivity contribution in [1.29, 1.82) is 0 Å². The fourth-order valence-corrected chi connectivity index (χ4v) is 2.71. The van der Waals surface area contributed by atoms with E-state index in [1.807, 2.05) is 0 Å². The normalized spacial score (nSPS) is 16.3.